The predicted octanol–water partition coefficient (Wildman–Crippen LogP) is 0.482. The Morgan fingerprint density at radius 2 is 2.50 bits per heavy atom. The molecule has 1 heterocycles. The van der Waals surface area contributed by atoms with Gasteiger partial charge in [0, 0.05) is 12.4 Å². The summed E-state index contributed by atoms with van der Waals surface area (Å²) in [5.74, 6) is 0.595. The van der Waals surface area contributed by atoms with Crippen LogP contribution in [0.15, 0.2) is 22.9 Å². The second-order valence-corrected chi connectivity index (χ2v) is 2.43. The third kappa shape index (κ3) is 1.72. The van der Waals surface area contributed by atoms with Gasteiger partial charge >= 0.3 is 7.69 Å². The largest absolute Gasteiger partial charge is 0.538 e. The average Bonchev–Trinajstić information content (AvgIpc) is 1.94. The molecule has 10 heavy (non-hydrogen) atoms. The normalized spacial score (nSPS) is 9.00. The molecule has 0 saturated heterocycles. The summed E-state index contributed by atoms with van der Waals surface area (Å²) in [6.07, 6.45) is 3.20. The number of rotatable bonds is 2. The molecule has 3 nitrogen and oxygen atoms in total. The monoisotopic (exact) mass is 201 g/mol. The van der Waals surface area contributed by atoms with Crippen LogP contribution in [-0.2, 0) is 0 Å². The Balaban J connectivity index is 2.81. The molecule has 0 unspecified atom stereocenters. The molecular formula is C5H5BBrNO2. The van der Waals surface area contributed by atoms with Crippen molar-refractivity contribution >= 4 is 23.6 Å². The van der Waals surface area contributed by atoms with Crippen molar-refractivity contribution in [3.8, 4) is 5.75 Å². The summed E-state index contributed by atoms with van der Waals surface area (Å²) in [4.78, 5) is 3.82. The van der Waals surface area contributed by atoms with Gasteiger partial charge in [0.25, 0.3) is 0 Å². The molecule has 0 atom stereocenters. The van der Waals surface area contributed by atoms with Gasteiger partial charge < -0.3 is 9.68 Å². The van der Waals surface area contributed by atoms with E-state index in [0.29, 0.717) is 5.75 Å². The molecule has 0 aliphatic heterocycles. The molecule has 0 aromatic carbocycles. The van der Waals surface area contributed by atoms with Crippen LogP contribution < -0.4 is 4.65 Å². The smallest absolute Gasteiger partial charge is 0.504 e. The lowest BCUT2D eigenvalue weighted by Gasteiger charge is -2.01. The third-order valence-corrected chi connectivity index (χ3v) is 1.55. The quantitative estimate of drug-likeness (QED) is 0.709. The van der Waals surface area contributed by atoms with E-state index in [1.165, 1.54) is 0 Å². The highest BCUT2D eigenvalue weighted by molar-refractivity contribution is 9.10. The lowest BCUT2D eigenvalue weighted by atomic mass is 10.4. The molecule has 5 heteroatoms. The summed E-state index contributed by atoms with van der Waals surface area (Å²) in [6.45, 7) is 0. The SMILES string of the molecule is OBOc1ccncc1Br. The maximum Gasteiger partial charge on any atom is 0.504 e. The topological polar surface area (TPSA) is 42.4 Å². The van der Waals surface area contributed by atoms with Crippen LogP contribution in [0.25, 0.3) is 0 Å². The zero-order chi connectivity index (χ0) is 7.40. The molecule has 52 valence electrons. The third-order valence-electron chi connectivity index (χ3n) is 0.955. The van der Waals surface area contributed by atoms with Crippen molar-refractivity contribution < 1.29 is 9.68 Å². The Bertz CT molecular complexity index is 221. The fourth-order valence-electron chi connectivity index (χ4n) is 0.549. The Hall–Kier alpha value is -0.545. The maximum atomic E-state index is 8.38. The van der Waals surface area contributed by atoms with E-state index in [1.807, 2.05) is 0 Å². The Labute approximate surface area is 67.5 Å². The van der Waals surface area contributed by atoms with Crippen molar-refractivity contribution in [2.24, 2.45) is 0 Å². The molecule has 0 radical (unpaired) electrons. The van der Waals surface area contributed by atoms with Crippen molar-refractivity contribution in [1.82, 2.24) is 4.98 Å². The molecule has 1 aromatic rings. The van der Waals surface area contributed by atoms with Gasteiger partial charge in [0.05, 0.1) is 4.47 Å². The van der Waals surface area contributed by atoms with Crippen LogP contribution in [0.3, 0.4) is 0 Å². The number of pyridine rings is 1. The molecule has 1 N–H and O–H groups in total. The zero-order valence-electron chi connectivity index (χ0n) is 5.12. The van der Waals surface area contributed by atoms with Crippen LogP contribution in [0, 0.1) is 0 Å². The molecule has 0 amide bonds. The summed E-state index contributed by atoms with van der Waals surface area (Å²) in [5.41, 5.74) is 0. The molecule has 0 spiro atoms. The number of aromatic nitrogens is 1. The standard InChI is InChI=1S/C5H5BBrNO2/c7-4-3-8-2-1-5(4)10-6-9/h1-3,6,9H. The van der Waals surface area contributed by atoms with Gasteiger partial charge in [0.2, 0.25) is 0 Å². The van der Waals surface area contributed by atoms with E-state index in [9.17, 15) is 0 Å². The lowest BCUT2D eigenvalue weighted by molar-refractivity contribution is 0.452. The first kappa shape index (κ1) is 7.56. The number of halogens is 1. The molecule has 0 saturated carbocycles. The van der Waals surface area contributed by atoms with E-state index in [-0.39, 0.29) is 7.69 Å². The van der Waals surface area contributed by atoms with Gasteiger partial charge in [-0.05, 0) is 22.0 Å². The average molecular weight is 202 g/mol. The second-order valence-electron chi connectivity index (χ2n) is 1.58. The van der Waals surface area contributed by atoms with Crippen LogP contribution in [-0.4, -0.2) is 17.7 Å². The lowest BCUT2D eigenvalue weighted by Crippen LogP contribution is -2.00. The summed E-state index contributed by atoms with van der Waals surface area (Å²) in [6, 6.07) is 1.67. The minimum Gasteiger partial charge on any atom is -0.538 e. The summed E-state index contributed by atoms with van der Waals surface area (Å²) in [5, 5.41) is 8.38. The van der Waals surface area contributed by atoms with E-state index in [0.717, 1.165) is 4.47 Å². The molecule has 1 rings (SSSR count). The first-order chi connectivity index (χ1) is 4.84. The highest BCUT2D eigenvalue weighted by Gasteiger charge is 1.97. The Morgan fingerprint density at radius 1 is 1.70 bits per heavy atom. The molecule has 0 aliphatic rings. The zero-order valence-corrected chi connectivity index (χ0v) is 6.71. The molecule has 0 bridgehead atoms. The van der Waals surface area contributed by atoms with E-state index in [2.05, 4.69) is 20.9 Å². The van der Waals surface area contributed by atoms with Crippen LogP contribution in [0.4, 0.5) is 0 Å². The first-order valence-electron chi connectivity index (χ1n) is 2.68. The van der Waals surface area contributed by atoms with Crippen LogP contribution in [0.1, 0.15) is 0 Å². The van der Waals surface area contributed by atoms with Crippen molar-refractivity contribution in [3.63, 3.8) is 0 Å². The van der Waals surface area contributed by atoms with E-state index in [4.69, 9.17) is 9.68 Å². The van der Waals surface area contributed by atoms with E-state index < -0.39 is 0 Å². The maximum absolute atomic E-state index is 8.38. The van der Waals surface area contributed by atoms with Crippen molar-refractivity contribution in [2.75, 3.05) is 0 Å². The molecule has 0 fully saturated rings. The van der Waals surface area contributed by atoms with Gasteiger partial charge in [0.1, 0.15) is 5.75 Å². The van der Waals surface area contributed by atoms with Crippen molar-refractivity contribution in [2.45, 2.75) is 0 Å². The van der Waals surface area contributed by atoms with Gasteiger partial charge in [-0.3, -0.25) is 4.98 Å². The highest BCUT2D eigenvalue weighted by Crippen LogP contribution is 2.21. The van der Waals surface area contributed by atoms with E-state index >= 15 is 0 Å². The second kappa shape index (κ2) is 3.58. The minimum atomic E-state index is -0.317. The van der Waals surface area contributed by atoms with Gasteiger partial charge in [-0.2, -0.15) is 0 Å². The van der Waals surface area contributed by atoms with Crippen molar-refractivity contribution in [1.29, 1.82) is 0 Å². The van der Waals surface area contributed by atoms with Gasteiger partial charge in [-0.1, -0.05) is 0 Å². The summed E-state index contributed by atoms with van der Waals surface area (Å²) >= 11 is 3.20. The van der Waals surface area contributed by atoms with Gasteiger partial charge in [0.15, 0.2) is 0 Å². The molecule has 1 aromatic heterocycles. The number of hydrogen-bond donors (Lipinski definition) is 1. The highest BCUT2D eigenvalue weighted by atomic mass is 79.9. The van der Waals surface area contributed by atoms with Crippen LogP contribution >= 0.6 is 15.9 Å². The summed E-state index contributed by atoms with van der Waals surface area (Å²) in [7, 11) is -0.317. The molecule has 0 aliphatic carbocycles. The molecular weight excluding hydrogens is 197 g/mol. The minimum absolute atomic E-state index is 0.317. The summed E-state index contributed by atoms with van der Waals surface area (Å²) < 4.78 is 5.55. The first-order valence-corrected chi connectivity index (χ1v) is 3.47. The fourth-order valence-corrected chi connectivity index (χ4v) is 0.914. The van der Waals surface area contributed by atoms with Gasteiger partial charge in [-0.25, -0.2) is 0 Å². The fraction of sp³-hybridized carbons (Fsp3) is 0. The van der Waals surface area contributed by atoms with Crippen LogP contribution in [0.5, 0.6) is 5.75 Å². The number of hydrogen-bond acceptors (Lipinski definition) is 3. The Morgan fingerprint density at radius 3 is 3.10 bits per heavy atom. The van der Waals surface area contributed by atoms with Gasteiger partial charge in [-0.15, -0.1) is 0 Å². The number of nitrogens with zero attached hydrogens (tertiary/aromatic N) is 1. The predicted molar refractivity (Wildman–Crippen MR) is 41.9 cm³/mol. The van der Waals surface area contributed by atoms with E-state index in [1.54, 1.807) is 18.5 Å². The van der Waals surface area contributed by atoms with Crippen molar-refractivity contribution in [3.05, 3.63) is 22.9 Å². The van der Waals surface area contributed by atoms with Crippen LogP contribution in [0.2, 0.25) is 0 Å². The Kier molecular flexibility index (Phi) is 2.71.